The molecule has 1 aromatic carbocycles. The van der Waals surface area contributed by atoms with Crippen LogP contribution in [0.1, 0.15) is 18.4 Å². The fraction of sp³-hybridized carbons (Fsp3) is 0.571. The van der Waals surface area contributed by atoms with Crippen molar-refractivity contribution < 1.29 is 9.47 Å². The number of piperidine rings is 1. The van der Waals surface area contributed by atoms with Crippen LogP contribution in [0.15, 0.2) is 16.6 Å². The molecule has 3 nitrogen and oxygen atoms in total. The van der Waals surface area contributed by atoms with E-state index in [1.807, 2.05) is 6.07 Å². The molecule has 1 saturated heterocycles. The van der Waals surface area contributed by atoms with Crippen molar-refractivity contribution in [3.05, 3.63) is 22.2 Å². The summed E-state index contributed by atoms with van der Waals surface area (Å²) in [5.41, 5.74) is 1.23. The molecule has 1 fully saturated rings. The fourth-order valence-electron chi connectivity index (χ4n) is 2.52. The lowest BCUT2D eigenvalue weighted by Crippen LogP contribution is -2.28. The van der Waals surface area contributed by atoms with Gasteiger partial charge >= 0.3 is 0 Å². The van der Waals surface area contributed by atoms with Crippen molar-refractivity contribution in [3.8, 4) is 11.5 Å². The van der Waals surface area contributed by atoms with Gasteiger partial charge in [0.2, 0.25) is 0 Å². The van der Waals surface area contributed by atoms with Crippen LogP contribution in [0.2, 0.25) is 0 Å². The van der Waals surface area contributed by atoms with Gasteiger partial charge in [-0.1, -0.05) is 0 Å². The molecule has 0 spiro atoms. The average Bonchev–Trinajstić information content (AvgIpc) is 2.39. The van der Waals surface area contributed by atoms with Crippen molar-refractivity contribution in [2.24, 2.45) is 5.92 Å². The smallest absolute Gasteiger partial charge is 0.136 e. The molecule has 1 aliphatic heterocycles. The Balaban J connectivity index is 2.20. The molecule has 1 aromatic rings. The summed E-state index contributed by atoms with van der Waals surface area (Å²) >= 11 is 3.55. The molecule has 100 valence electrons. The zero-order chi connectivity index (χ0) is 13.0. The van der Waals surface area contributed by atoms with Gasteiger partial charge in [0.1, 0.15) is 11.5 Å². The lowest BCUT2D eigenvalue weighted by molar-refractivity contribution is 0.358. The Labute approximate surface area is 117 Å². The van der Waals surface area contributed by atoms with E-state index in [1.165, 1.54) is 18.4 Å². The Bertz CT molecular complexity index is 403. The SMILES string of the molecule is COc1cc(Br)c(OC)c(CC2CCNCC2)c1. The predicted molar refractivity (Wildman–Crippen MR) is 76.5 cm³/mol. The number of rotatable bonds is 4. The van der Waals surface area contributed by atoms with Gasteiger partial charge in [-0.3, -0.25) is 0 Å². The van der Waals surface area contributed by atoms with Gasteiger partial charge in [0, 0.05) is 0 Å². The number of hydrogen-bond acceptors (Lipinski definition) is 3. The highest BCUT2D eigenvalue weighted by Gasteiger charge is 2.18. The first kappa shape index (κ1) is 13.7. The number of ether oxygens (including phenoxy) is 2. The summed E-state index contributed by atoms with van der Waals surface area (Å²) in [6.45, 7) is 2.25. The molecular weight excluding hydrogens is 294 g/mol. The summed E-state index contributed by atoms with van der Waals surface area (Å²) in [6, 6.07) is 4.04. The summed E-state index contributed by atoms with van der Waals surface area (Å²) in [5, 5.41) is 3.40. The van der Waals surface area contributed by atoms with Crippen molar-refractivity contribution in [2.75, 3.05) is 27.3 Å². The minimum absolute atomic E-state index is 0.735. The minimum atomic E-state index is 0.735. The second-order valence-corrected chi connectivity index (χ2v) is 5.55. The van der Waals surface area contributed by atoms with Gasteiger partial charge in [-0.15, -0.1) is 0 Å². The number of halogens is 1. The monoisotopic (exact) mass is 313 g/mol. The van der Waals surface area contributed by atoms with Gasteiger partial charge in [-0.05, 0) is 71.9 Å². The molecule has 1 aliphatic rings. The van der Waals surface area contributed by atoms with E-state index in [4.69, 9.17) is 9.47 Å². The minimum Gasteiger partial charge on any atom is -0.497 e. The second-order valence-electron chi connectivity index (χ2n) is 4.70. The first-order chi connectivity index (χ1) is 8.74. The zero-order valence-electron chi connectivity index (χ0n) is 11.0. The molecular formula is C14H20BrNO2. The Kier molecular flexibility index (Phi) is 4.89. The maximum atomic E-state index is 5.50. The molecule has 0 saturated carbocycles. The predicted octanol–water partition coefficient (Wildman–Crippen LogP) is 3.01. The molecule has 0 bridgehead atoms. The first-order valence-electron chi connectivity index (χ1n) is 6.35. The highest BCUT2D eigenvalue weighted by Crippen LogP contribution is 2.35. The topological polar surface area (TPSA) is 30.5 Å². The second kappa shape index (κ2) is 6.43. The largest absolute Gasteiger partial charge is 0.497 e. The molecule has 4 heteroatoms. The summed E-state index contributed by atoms with van der Waals surface area (Å²) in [7, 11) is 3.42. The van der Waals surface area contributed by atoms with Crippen LogP contribution >= 0.6 is 15.9 Å². The van der Waals surface area contributed by atoms with Gasteiger partial charge in [0.15, 0.2) is 0 Å². The van der Waals surface area contributed by atoms with Crippen molar-refractivity contribution in [2.45, 2.75) is 19.3 Å². The van der Waals surface area contributed by atoms with E-state index in [-0.39, 0.29) is 0 Å². The van der Waals surface area contributed by atoms with E-state index >= 15 is 0 Å². The Hall–Kier alpha value is -0.740. The average molecular weight is 314 g/mol. The van der Waals surface area contributed by atoms with Crippen LogP contribution in [-0.4, -0.2) is 27.3 Å². The molecule has 0 atom stereocenters. The van der Waals surface area contributed by atoms with Crippen LogP contribution in [-0.2, 0) is 6.42 Å². The van der Waals surface area contributed by atoms with E-state index in [2.05, 4.69) is 27.3 Å². The molecule has 0 unspecified atom stereocenters. The number of benzene rings is 1. The fourth-order valence-corrected chi connectivity index (χ4v) is 3.16. The molecule has 0 amide bonds. The van der Waals surface area contributed by atoms with Crippen molar-refractivity contribution in [1.29, 1.82) is 0 Å². The van der Waals surface area contributed by atoms with Gasteiger partial charge in [0.25, 0.3) is 0 Å². The molecule has 1 N–H and O–H groups in total. The van der Waals surface area contributed by atoms with E-state index in [9.17, 15) is 0 Å². The molecule has 2 rings (SSSR count). The highest BCUT2D eigenvalue weighted by atomic mass is 79.9. The number of hydrogen-bond donors (Lipinski definition) is 1. The highest BCUT2D eigenvalue weighted by molar-refractivity contribution is 9.10. The Morgan fingerprint density at radius 2 is 1.94 bits per heavy atom. The van der Waals surface area contributed by atoms with Gasteiger partial charge < -0.3 is 14.8 Å². The Morgan fingerprint density at radius 3 is 2.56 bits per heavy atom. The van der Waals surface area contributed by atoms with Crippen LogP contribution in [0.25, 0.3) is 0 Å². The van der Waals surface area contributed by atoms with Crippen molar-refractivity contribution in [1.82, 2.24) is 5.32 Å². The van der Waals surface area contributed by atoms with Gasteiger partial charge in [-0.25, -0.2) is 0 Å². The maximum absolute atomic E-state index is 5.50. The summed E-state index contributed by atoms with van der Waals surface area (Å²) in [5.74, 6) is 2.56. The van der Waals surface area contributed by atoms with Crippen LogP contribution in [0.3, 0.4) is 0 Å². The lowest BCUT2D eigenvalue weighted by Gasteiger charge is -2.23. The van der Waals surface area contributed by atoms with E-state index in [0.29, 0.717) is 0 Å². The summed E-state index contributed by atoms with van der Waals surface area (Å²) in [4.78, 5) is 0. The summed E-state index contributed by atoms with van der Waals surface area (Å²) < 4.78 is 11.8. The molecule has 0 aromatic heterocycles. The van der Waals surface area contributed by atoms with Gasteiger partial charge in [-0.2, -0.15) is 0 Å². The number of nitrogens with one attached hydrogen (secondary N) is 1. The lowest BCUT2D eigenvalue weighted by atomic mass is 9.90. The molecule has 0 aliphatic carbocycles. The number of methoxy groups -OCH3 is 2. The molecule has 1 heterocycles. The standard InChI is InChI=1S/C14H20BrNO2/c1-17-12-8-11(14(18-2)13(15)9-12)7-10-3-5-16-6-4-10/h8-10,16H,3-7H2,1-2H3. The van der Waals surface area contributed by atoms with E-state index < -0.39 is 0 Å². The summed E-state index contributed by atoms with van der Waals surface area (Å²) in [6.07, 6.45) is 3.52. The third kappa shape index (κ3) is 3.18. The Morgan fingerprint density at radius 1 is 1.22 bits per heavy atom. The van der Waals surface area contributed by atoms with Crippen LogP contribution in [0, 0.1) is 5.92 Å². The third-order valence-corrected chi connectivity index (χ3v) is 4.09. The van der Waals surface area contributed by atoms with Gasteiger partial charge in [0.05, 0.1) is 18.7 Å². The maximum Gasteiger partial charge on any atom is 0.136 e. The molecule has 18 heavy (non-hydrogen) atoms. The van der Waals surface area contributed by atoms with Crippen LogP contribution in [0.4, 0.5) is 0 Å². The van der Waals surface area contributed by atoms with Crippen molar-refractivity contribution >= 4 is 15.9 Å². The quantitative estimate of drug-likeness (QED) is 0.927. The molecule has 0 radical (unpaired) electrons. The van der Waals surface area contributed by atoms with Crippen LogP contribution in [0.5, 0.6) is 11.5 Å². The van der Waals surface area contributed by atoms with E-state index in [1.54, 1.807) is 14.2 Å². The zero-order valence-corrected chi connectivity index (χ0v) is 12.5. The third-order valence-electron chi connectivity index (χ3n) is 3.50. The van der Waals surface area contributed by atoms with Crippen LogP contribution < -0.4 is 14.8 Å². The van der Waals surface area contributed by atoms with E-state index in [0.717, 1.165) is 41.4 Å². The first-order valence-corrected chi connectivity index (χ1v) is 7.15. The normalized spacial score (nSPS) is 16.6. The van der Waals surface area contributed by atoms with Crippen molar-refractivity contribution in [3.63, 3.8) is 0 Å².